The topological polar surface area (TPSA) is 52.6 Å². The Morgan fingerprint density at radius 1 is 0.739 bits per heavy atom. The Balaban J connectivity index is 3.27. The Bertz CT molecular complexity index is 299. The third-order valence-corrected chi connectivity index (χ3v) is 9.64. The van der Waals surface area contributed by atoms with Crippen molar-refractivity contribution in [1.82, 2.24) is 0 Å². The fraction of sp³-hybridized carbons (Fsp3) is 0.833. The largest absolute Gasteiger partial charge is 0.305 e. The first kappa shape index (κ1) is 24.7. The highest BCUT2D eigenvalue weighted by atomic mass is 33.1. The molecule has 0 aromatic heterocycles. The monoisotopic (exact) mass is 454 g/mol. The summed E-state index contributed by atoms with van der Waals surface area (Å²) in [6, 6.07) is 0. The molecule has 23 heavy (non-hydrogen) atoms. The van der Waals surface area contributed by atoms with Crippen LogP contribution in [0.15, 0.2) is 0 Å². The van der Waals surface area contributed by atoms with Crippen molar-refractivity contribution < 1.29 is 18.0 Å². The standard InChI is InChI=1S/C12H22O4S7/c1-9(2)15-20-11(13)22-18-7-5-17-6-8-19-23-12(14)21-16-10(3)4/h9-10H,5-8H2,1-4H3. The van der Waals surface area contributed by atoms with Gasteiger partial charge >= 0.3 is 0 Å². The molecule has 0 rings (SSSR count). The summed E-state index contributed by atoms with van der Waals surface area (Å²) in [4.78, 5) is 22.8. The van der Waals surface area contributed by atoms with Gasteiger partial charge in [0.25, 0.3) is 8.89 Å². The lowest BCUT2D eigenvalue weighted by molar-refractivity contribution is 0.266. The second-order valence-electron chi connectivity index (χ2n) is 4.38. The molecule has 11 heteroatoms. The summed E-state index contributed by atoms with van der Waals surface area (Å²) in [7, 11) is 5.56. The van der Waals surface area contributed by atoms with Gasteiger partial charge in [-0.05, 0) is 49.3 Å². The third kappa shape index (κ3) is 19.9. The van der Waals surface area contributed by atoms with Crippen molar-refractivity contribution in [3.05, 3.63) is 0 Å². The molecule has 0 bridgehead atoms. The van der Waals surface area contributed by atoms with Gasteiger partial charge in [0.15, 0.2) is 0 Å². The van der Waals surface area contributed by atoms with Crippen LogP contribution in [0.5, 0.6) is 0 Å². The van der Waals surface area contributed by atoms with Gasteiger partial charge in [0, 0.05) is 23.0 Å². The zero-order valence-electron chi connectivity index (χ0n) is 13.5. The number of carbonyl (C=O) groups excluding carboxylic acids is 2. The Morgan fingerprint density at radius 2 is 1.13 bits per heavy atom. The molecule has 0 aromatic carbocycles. The van der Waals surface area contributed by atoms with Gasteiger partial charge in [-0.25, -0.2) is 0 Å². The zero-order valence-corrected chi connectivity index (χ0v) is 19.2. The maximum atomic E-state index is 11.4. The minimum Gasteiger partial charge on any atom is -0.305 e. The van der Waals surface area contributed by atoms with Crippen LogP contribution in [0.25, 0.3) is 0 Å². The van der Waals surface area contributed by atoms with Gasteiger partial charge in [-0.1, -0.05) is 21.6 Å². The molecule has 0 atom stereocenters. The lowest BCUT2D eigenvalue weighted by Crippen LogP contribution is -1.96. The lowest BCUT2D eigenvalue weighted by Gasteiger charge is -2.04. The van der Waals surface area contributed by atoms with Crippen LogP contribution >= 0.6 is 79.0 Å². The van der Waals surface area contributed by atoms with Crippen LogP contribution in [0.1, 0.15) is 27.7 Å². The van der Waals surface area contributed by atoms with E-state index in [1.807, 2.05) is 39.5 Å². The molecule has 0 radical (unpaired) electrons. The molecule has 0 aromatic rings. The van der Waals surface area contributed by atoms with Gasteiger partial charge in [-0.2, -0.15) is 11.8 Å². The Labute approximate surface area is 167 Å². The van der Waals surface area contributed by atoms with Gasteiger partial charge in [-0.3, -0.25) is 9.59 Å². The highest BCUT2D eigenvalue weighted by Gasteiger charge is 2.08. The molecule has 0 aliphatic heterocycles. The van der Waals surface area contributed by atoms with E-state index in [-0.39, 0.29) is 21.1 Å². The van der Waals surface area contributed by atoms with E-state index in [9.17, 15) is 9.59 Å². The molecule has 0 aliphatic rings. The lowest BCUT2D eigenvalue weighted by atomic mass is 10.5. The molecule has 0 spiro atoms. The van der Waals surface area contributed by atoms with E-state index in [1.165, 1.54) is 21.6 Å². The predicted octanol–water partition coefficient (Wildman–Crippen LogP) is 6.87. The van der Waals surface area contributed by atoms with Crippen LogP contribution in [-0.4, -0.2) is 44.1 Å². The van der Waals surface area contributed by atoms with Crippen LogP contribution in [0, 0.1) is 0 Å². The van der Waals surface area contributed by atoms with Crippen LogP contribution in [0.3, 0.4) is 0 Å². The van der Waals surface area contributed by atoms with Gasteiger partial charge in [0.1, 0.15) is 0 Å². The molecule has 0 amide bonds. The van der Waals surface area contributed by atoms with Crippen molar-refractivity contribution in [1.29, 1.82) is 0 Å². The molecular weight excluding hydrogens is 433 g/mol. The van der Waals surface area contributed by atoms with Gasteiger partial charge < -0.3 is 8.37 Å². The molecule has 0 saturated carbocycles. The quantitative estimate of drug-likeness (QED) is 0.176. The van der Waals surface area contributed by atoms with Crippen molar-refractivity contribution in [2.24, 2.45) is 0 Å². The van der Waals surface area contributed by atoms with E-state index >= 15 is 0 Å². The molecule has 0 aliphatic carbocycles. The summed E-state index contributed by atoms with van der Waals surface area (Å²) in [5.74, 6) is 3.81. The molecular formula is C12H22O4S7. The van der Waals surface area contributed by atoms with Crippen molar-refractivity contribution in [3.63, 3.8) is 0 Å². The number of hydrogen-bond donors (Lipinski definition) is 0. The van der Waals surface area contributed by atoms with Gasteiger partial charge in [0.05, 0.1) is 36.3 Å². The summed E-state index contributed by atoms with van der Waals surface area (Å²) >= 11 is 3.65. The first-order valence-corrected chi connectivity index (χ1v) is 14.1. The second-order valence-corrected chi connectivity index (χ2v) is 12.4. The van der Waals surface area contributed by atoms with Crippen molar-refractivity contribution in [2.75, 3.05) is 23.0 Å². The zero-order chi connectivity index (χ0) is 17.5. The number of thioether (sulfide) groups is 1. The van der Waals surface area contributed by atoms with E-state index in [4.69, 9.17) is 8.37 Å². The third-order valence-electron chi connectivity index (χ3n) is 1.49. The molecule has 0 heterocycles. The van der Waals surface area contributed by atoms with E-state index in [1.54, 1.807) is 21.6 Å². The summed E-state index contributed by atoms with van der Waals surface area (Å²) in [6.45, 7) is 7.59. The van der Waals surface area contributed by atoms with E-state index < -0.39 is 0 Å². The molecule has 0 unspecified atom stereocenters. The van der Waals surface area contributed by atoms with Crippen molar-refractivity contribution in [3.8, 4) is 0 Å². The van der Waals surface area contributed by atoms with Gasteiger partial charge in [-0.15, -0.1) is 0 Å². The highest BCUT2D eigenvalue weighted by Crippen LogP contribution is 2.32. The summed E-state index contributed by atoms with van der Waals surface area (Å²) in [5, 5.41) is 0. The average molecular weight is 455 g/mol. The summed E-state index contributed by atoms with van der Waals surface area (Å²) < 4.78 is 10.3. The number of rotatable bonds is 12. The number of carbonyl (C=O) groups is 2. The Hall–Kier alpha value is 1.71. The maximum Gasteiger partial charge on any atom is 0.283 e. The predicted molar refractivity (Wildman–Crippen MR) is 116 cm³/mol. The number of hydrogen-bond acceptors (Lipinski definition) is 11. The summed E-state index contributed by atoms with van der Waals surface area (Å²) in [5.41, 5.74) is 0. The molecule has 4 nitrogen and oxygen atoms in total. The highest BCUT2D eigenvalue weighted by molar-refractivity contribution is 8.86. The van der Waals surface area contributed by atoms with Gasteiger partial charge in [0.2, 0.25) is 0 Å². The molecule has 0 saturated heterocycles. The van der Waals surface area contributed by atoms with Crippen LogP contribution in [0.2, 0.25) is 0 Å². The van der Waals surface area contributed by atoms with E-state index in [2.05, 4.69) is 0 Å². The van der Waals surface area contributed by atoms with Crippen LogP contribution in [-0.2, 0) is 8.37 Å². The minimum absolute atomic E-state index is 0.0136. The average Bonchev–Trinajstić information content (AvgIpc) is 2.49. The Kier molecular flexibility index (Phi) is 18.4. The molecule has 136 valence electrons. The smallest absolute Gasteiger partial charge is 0.283 e. The fourth-order valence-corrected chi connectivity index (χ4v) is 7.48. The normalized spacial score (nSPS) is 11.4. The van der Waals surface area contributed by atoms with Crippen LogP contribution in [0.4, 0.5) is 9.59 Å². The fourth-order valence-electron chi connectivity index (χ4n) is 0.766. The van der Waals surface area contributed by atoms with E-state index in [0.29, 0.717) is 0 Å². The molecule has 0 fully saturated rings. The Morgan fingerprint density at radius 3 is 1.48 bits per heavy atom. The van der Waals surface area contributed by atoms with E-state index in [0.717, 1.165) is 47.1 Å². The van der Waals surface area contributed by atoms with Crippen molar-refractivity contribution >= 4 is 87.9 Å². The first-order chi connectivity index (χ1) is 10.9. The minimum atomic E-state index is -0.0136. The SMILES string of the molecule is CC(C)OSC(=O)SSCCSCCSSC(=O)SOC(C)C. The maximum absolute atomic E-state index is 11.4. The first-order valence-electron chi connectivity index (χ1n) is 6.83. The van der Waals surface area contributed by atoms with Crippen molar-refractivity contribution in [2.45, 2.75) is 39.9 Å². The molecule has 0 N–H and O–H groups in total. The van der Waals surface area contributed by atoms with Crippen LogP contribution < -0.4 is 0 Å². The summed E-state index contributed by atoms with van der Waals surface area (Å²) in [6.07, 6.45) is 0.116. The second kappa shape index (κ2) is 17.1.